The van der Waals surface area contributed by atoms with Gasteiger partial charge in [0.25, 0.3) is 0 Å². The minimum Gasteiger partial charge on any atom is -0.399 e. The average Bonchev–Trinajstić information content (AvgIpc) is 3.05. The van der Waals surface area contributed by atoms with E-state index in [4.69, 9.17) is 10.5 Å². The predicted octanol–water partition coefficient (Wildman–Crippen LogP) is 2.97. The number of ether oxygens (including phenoxy) is 1. The SMILES string of the molecule is CC.CC.Nc1ccc(C2CCN(CCN3CCOCC3)C2=O)cc1. The maximum Gasteiger partial charge on any atom is 0.230 e. The fourth-order valence-electron chi connectivity index (χ4n) is 3.09. The molecule has 0 radical (unpaired) electrons. The first-order valence-corrected chi connectivity index (χ1v) is 9.68. The molecule has 1 unspecified atom stereocenters. The van der Waals surface area contributed by atoms with Gasteiger partial charge >= 0.3 is 0 Å². The van der Waals surface area contributed by atoms with Crippen molar-refractivity contribution in [2.24, 2.45) is 0 Å². The Morgan fingerprint density at radius 2 is 1.60 bits per heavy atom. The van der Waals surface area contributed by atoms with Gasteiger partial charge in [0.2, 0.25) is 5.91 Å². The summed E-state index contributed by atoms with van der Waals surface area (Å²) in [5.74, 6) is 0.267. The smallest absolute Gasteiger partial charge is 0.230 e. The van der Waals surface area contributed by atoms with E-state index >= 15 is 0 Å². The van der Waals surface area contributed by atoms with Crippen molar-refractivity contribution in [3.05, 3.63) is 29.8 Å². The highest BCUT2D eigenvalue weighted by atomic mass is 16.5. The molecule has 0 bridgehead atoms. The fourth-order valence-corrected chi connectivity index (χ4v) is 3.09. The molecule has 2 heterocycles. The molecule has 1 amide bonds. The van der Waals surface area contributed by atoms with Crippen LogP contribution in [0.25, 0.3) is 0 Å². The van der Waals surface area contributed by atoms with Gasteiger partial charge in [-0.05, 0) is 24.1 Å². The highest BCUT2D eigenvalue weighted by Gasteiger charge is 2.32. The highest BCUT2D eigenvalue weighted by molar-refractivity contribution is 5.85. The van der Waals surface area contributed by atoms with Gasteiger partial charge in [-0.3, -0.25) is 9.69 Å². The summed E-state index contributed by atoms with van der Waals surface area (Å²) in [5.41, 5.74) is 7.54. The number of rotatable bonds is 4. The summed E-state index contributed by atoms with van der Waals surface area (Å²) >= 11 is 0. The van der Waals surface area contributed by atoms with Crippen molar-refractivity contribution in [3.8, 4) is 0 Å². The van der Waals surface area contributed by atoms with Crippen LogP contribution in [0.5, 0.6) is 0 Å². The molecule has 0 spiro atoms. The second-order valence-electron chi connectivity index (χ2n) is 5.79. The summed E-state index contributed by atoms with van der Waals surface area (Å²) in [6.45, 7) is 14.2. The van der Waals surface area contributed by atoms with Gasteiger partial charge in [0.15, 0.2) is 0 Å². The number of carbonyl (C=O) groups excluding carboxylic acids is 1. The third kappa shape index (κ3) is 6.33. The second kappa shape index (κ2) is 11.9. The number of carbonyl (C=O) groups is 1. The fraction of sp³-hybridized carbons (Fsp3) is 0.650. The van der Waals surface area contributed by atoms with Crippen LogP contribution in [-0.2, 0) is 9.53 Å². The Labute approximate surface area is 153 Å². The predicted molar refractivity (Wildman–Crippen MR) is 105 cm³/mol. The minimum absolute atomic E-state index is 0.00953. The van der Waals surface area contributed by atoms with E-state index < -0.39 is 0 Å². The maximum atomic E-state index is 12.5. The monoisotopic (exact) mass is 349 g/mol. The van der Waals surface area contributed by atoms with E-state index in [1.807, 2.05) is 56.9 Å². The topological polar surface area (TPSA) is 58.8 Å². The number of anilines is 1. The number of hydrogen-bond acceptors (Lipinski definition) is 4. The van der Waals surface area contributed by atoms with Crippen LogP contribution in [0.3, 0.4) is 0 Å². The third-order valence-corrected chi connectivity index (χ3v) is 4.43. The lowest BCUT2D eigenvalue weighted by Gasteiger charge is -2.28. The van der Waals surface area contributed by atoms with Crippen LogP contribution in [-0.4, -0.2) is 61.6 Å². The summed E-state index contributed by atoms with van der Waals surface area (Å²) in [4.78, 5) is 16.9. The molecule has 2 aliphatic heterocycles. The zero-order valence-corrected chi connectivity index (χ0v) is 16.3. The van der Waals surface area contributed by atoms with Gasteiger partial charge in [-0.1, -0.05) is 39.8 Å². The molecule has 0 aliphatic carbocycles. The molecular formula is C20H35N3O2. The van der Waals surface area contributed by atoms with E-state index in [0.29, 0.717) is 0 Å². The van der Waals surface area contributed by atoms with Gasteiger partial charge in [-0.2, -0.15) is 0 Å². The van der Waals surface area contributed by atoms with Gasteiger partial charge in [0.1, 0.15) is 0 Å². The highest BCUT2D eigenvalue weighted by Crippen LogP contribution is 2.28. The Balaban J connectivity index is 0.000000730. The quantitative estimate of drug-likeness (QED) is 0.849. The molecule has 1 aromatic rings. The van der Waals surface area contributed by atoms with Crippen molar-refractivity contribution < 1.29 is 9.53 Å². The van der Waals surface area contributed by atoms with E-state index in [-0.39, 0.29) is 11.8 Å². The Kier molecular flexibility index (Phi) is 10.2. The maximum absolute atomic E-state index is 12.5. The summed E-state index contributed by atoms with van der Waals surface area (Å²) in [5, 5.41) is 0. The van der Waals surface area contributed by atoms with Crippen LogP contribution < -0.4 is 5.73 Å². The lowest BCUT2D eigenvalue weighted by Crippen LogP contribution is -2.42. The molecule has 2 N–H and O–H groups in total. The molecule has 2 saturated heterocycles. The van der Waals surface area contributed by atoms with Crippen LogP contribution in [0.15, 0.2) is 24.3 Å². The van der Waals surface area contributed by atoms with Crippen LogP contribution >= 0.6 is 0 Å². The van der Waals surface area contributed by atoms with E-state index in [2.05, 4.69) is 4.90 Å². The van der Waals surface area contributed by atoms with Crippen molar-refractivity contribution >= 4 is 11.6 Å². The molecule has 5 heteroatoms. The zero-order valence-electron chi connectivity index (χ0n) is 16.3. The number of hydrogen-bond donors (Lipinski definition) is 1. The lowest BCUT2D eigenvalue weighted by molar-refractivity contribution is -0.129. The van der Waals surface area contributed by atoms with Gasteiger partial charge in [-0.15, -0.1) is 0 Å². The molecule has 0 aromatic heterocycles. The molecule has 0 saturated carbocycles. The van der Waals surface area contributed by atoms with Gasteiger partial charge in [0, 0.05) is 38.4 Å². The number of nitrogens with zero attached hydrogens (tertiary/aromatic N) is 2. The Hall–Kier alpha value is -1.59. The largest absolute Gasteiger partial charge is 0.399 e. The number of morpholine rings is 1. The number of nitrogen functional groups attached to an aromatic ring is 1. The van der Waals surface area contributed by atoms with Gasteiger partial charge in [0.05, 0.1) is 19.1 Å². The van der Waals surface area contributed by atoms with Crippen molar-refractivity contribution in [1.82, 2.24) is 9.80 Å². The molecule has 5 nitrogen and oxygen atoms in total. The van der Waals surface area contributed by atoms with Gasteiger partial charge in [-0.25, -0.2) is 0 Å². The Morgan fingerprint density at radius 1 is 1.00 bits per heavy atom. The molecular weight excluding hydrogens is 314 g/mol. The summed E-state index contributed by atoms with van der Waals surface area (Å²) < 4.78 is 5.34. The molecule has 2 aliphatic rings. The summed E-state index contributed by atoms with van der Waals surface area (Å²) in [6, 6.07) is 7.70. The van der Waals surface area contributed by atoms with Crippen molar-refractivity contribution in [2.45, 2.75) is 40.0 Å². The molecule has 2 fully saturated rings. The number of benzene rings is 1. The van der Waals surface area contributed by atoms with E-state index in [9.17, 15) is 4.79 Å². The van der Waals surface area contributed by atoms with E-state index in [1.165, 1.54) is 0 Å². The first-order chi connectivity index (χ1) is 12.2. The first kappa shape index (κ1) is 21.5. The van der Waals surface area contributed by atoms with Crippen molar-refractivity contribution in [3.63, 3.8) is 0 Å². The molecule has 3 rings (SSSR count). The minimum atomic E-state index is 0.00953. The summed E-state index contributed by atoms with van der Waals surface area (Å²) in [6.07, 6.45) is 0.909. The van der Waals surface area contributed by atoms with Gasteiger partial charge < -0.3 is 15.4 Å². The van der Waals surface area contributed by atoms with Crippen LogP contribution in [0.2, 0.25) is 0 Å². The van der Waals surface area contributed by atoms with E-state index in [0.717, 1.165) is 63.6 Å². The molecule has 1 aromatic carbocycles. The second-order valence-corrected chi connectivity index (χ2v) is 5.79. The summed E-state index contributed by atoms with van der Waals surface area (Å²) in [7, 11) is 0. The van der Waals surface area contributed by atoms with Crippen molar-refractivity contribution in [2.75, 3.05) is 51.7 Å². The Morgan fingerprint density at radius 3 is 2.20 bits per heavy atom. The molecule has 142 valence electrons. The number of amides is 1. The Bertz CT molecular complexity index is 484. The average molecular weight is 350 g/mol. The first-order valence-electron chi connectivity index (χ1n) is 9.68. The lowest BCUT2D eigenvalue weighted by atomic mass is 9.97. The van der Waals surface area contributed by atoms with Crippen LogP contribution in [0, 0.1) is 0 Å². The number of likely N-dealkylation sites (tertiary alicyclic amines) is 1. The molecule has 1 atom stereocenters. The molecule has 25 heavy (non-hydrogen) atoms. The van der Waals surface area contributed by atoms with Crippen LogP contribution in [0.4, 0.5) is 5.69 Å². The normalized spacial score (nSPS) is 20.4. The third-order valence-electron chi connectivity index (χ3n) is 4.43. The zero-order chi connectivity index (χ0) is 18.7. The van der Waals surface area contributed by atoms with Crippen LogP contribution in [0.1, 0.15) is 45.6 Å². The van der Waals surface area contributed by atoms with E-state index in [1.54, 1.807) is 0 Å². The number of nitrogens with two attached hydrogens (primary N) is 1. The standard InChI is InChI=1S/C16H23N3O2.2C2H6/c17-14-3-1-13(2-4-14)15-5-6-19(16(15)20)8-7-18-9-11-21-12-10-18;2*1-2/h1-4,15H,5-12,17H2;2*1-2H3. The van der Waals surface area contributed by atoms with Crippen molar-refractivity contribution in [1.29, 1.82) is 0 Å².